The van der Waals surface area contributed by atoms with Crippen molar-refractivity contribution in [1.82, 2.24) is 19.0 Å². The first-order valence-electron chi connectivity index (χ1n) is 9.38. The average Bonchev–Trinajstić information content (AvgIpc) is 2.84. The predicted molar refractivity (Wildman–Crippen MR) is 113 cm³/mol. The van der Waals surface area contributed by atoms with Crippen LogP contribution in [0.2, 0.25) is 0 Å². The molecule has 2 heterocycles. The molecule has 0 spiro atoms. The Kier molecular flexibility index (Phi) is 4.91. The molecule has 0 saturated heterocycles. The Balaban J connectivity index is 2.16. The molecule has 0 saturated carbocycles. The van der Waals surface area contributed by atoms with Crippen molar-refractivity contribution in [3.05, 3.63) is 51.9 Å². The Morgan fingerprint density at radius 2 is 1.82 bits per heavy atom. The second-order valence-electron chi connectivity index (χ2n) is 8.76. The maximum Gasteiger partial charge on any atom is 0.330 e. The number of amides is 1. The fourth-order valence-electron chi connectivity index (χ4n) is 3.34. The summed E-state index contributed by atoms with van der Waals surface area (Å²) in [5.41, 5.74) is 4.68. The summed E-state index contributed by atoms with van der Waals surface area (Å²) in [4.78, 5) is 31.4. The highest BCUT2D eigenvalue weighted by atomic mass is 16.2. The van der Waals surface area contributed by atoms with Crippen molar-refractivity contribution in [2.75, 3.05) is 14.1 Å². The highest BCUT2D eigenvalue weighted by molar-refractivity contribution is 5.95. The number of hydrogen-bond acceptors (Lipinski definition) is 3. The number of carbonyl (C=O) groups excluding carboxylic acids is 1. The molecule has 6 heteroatoms. The zero-order chi connectivity index (χ0) is 20.8. The Bertz CT molecular complexity index is 1110. The molecule has 0 radical (unpaired) electrons. The standard InChI is InChI=1S/C22H28N4O2/c1-14-8-9-15(20(27)24(5)6)12-16(14)17-10-11-18-19(23-17)25(7)21(28)26(18)13-22(2,3)4/h8-12H,13H2,1-7H3. The van der Waals surface area contributed by atoms with E-state index in [9.17, 15) is 9.59 Å². The molecule has 148 valence electrons. The lowest BCUT2D eigenvalue weighted by Crippen LogP contribution is -2.27. The van der Waals surface area contributed by atoms with E-state index in [0.29, 0.717) is 17.8 Å². The molecule has 3 aromatic rings. The van der Waals surface area contributed by atoms with Crippen molar-refractivity contribution in [3.8, 4) is 11.3 Å². The second kappa shape index (κ2) is 6.93. The van der Waals surface area contributed by atoms with Crippen LogP contribution in [0, 0.1) is 12.3 Å². The first-order chi connectivity index (χ1) is 13.0. The third-order valence-electron chi connectivity index (χ3n) is 4.78. The van der Waals surface area contributed by atoms with E-state index in [1.165, 1.54) is 0 Å². The van der Waals surface area contributed by atoms with E-state index < -0.39 is 0 Å². The lowest BCUT2D eigenvalue weighted by atomic mass is 9.97. The van der Waals surface area contributed by atoms with Gasteiger partial charge >= 0.3 is 5.69 Å². The van der Waals surface area contributed by atoms with Crippen LogP contribution < -0.4 is 5.69 Å². The van der Waals surface area contributed by atoms with Gasteiger partial charge in [-0.3, -0.25) is 13.9 Å². The van der Waals surface area contributed by atoms with Crippen LogP contribution in [0.1, 0.15) is 36.7 Å². The summed E-state index contributed by atoms with van der Waals surface area (Å²) in [6.45, 7) is 8.94. The van der Waals surface area contributed by atoms with Crippen LogP contribution in [0.5, 0.6) is 0 Å². The Morgan fingerprint density at radius 1 is 1.14 bits per heavy atom. The second-order valence-corrected chi connectivity index (χ2v) is 8.76. The van der Waals surface area contributed by atoms with Gasteiger partial charge in [0.15, 0.2) is 5.65 Å². The minimum atomic E-state index is -0.0668. The first-order valence-corrected chi connectivity index (χ1v) is 9.38. The number of nitrogens with zero attached hydrogens (tertiary/aromatic N) is 4. The molecule has 0 bridgehead atoms. The number of imidazole rings is 1. The molecule has 0 N–H and O–H groups in total. The maximum absolute atomic E-state index is 12.7. The molecule has 6 nitrogen and oxygen atoms in total. The molecule has 0 aliphatic heterocycles. The molecule has 1 amide bonds. The van der Waals surface area contributed by atoms with Crippen molar-refractivity contribution < 1.29 is 4.79 Å². The quantitative estimate of drug-likeness (QED) is 0.699. The molecule has 0 aliphatic carbocycles. The van der Waals surface area contributed by atoms with Gasteiger partial charge in [0, 0.05) is 38.8 Å². The Morgan fingerprint density at radius 3 is 2.43 bits per heavy atom. The molecule has 0 atom stereocenters. The van der Waals surface area contributed by atoms with Gasteiger partial charge in [0.1, 0.15) is 0 Å². The van der Waals surface area contributed by atoms with E-state index >= 15 is 0 Å². The highest BCUT2D eigenvalue weighted by Gasteiger charge is 2.19. The number of benzene rings is 1. The average molecular weight is 380 g/mol. The summed E-state index contributed by atoms with van der Waals surface area (Å²) in [6, 6.07) is 9.50. The summed E-state index contributed by atoms with van der Waals surface area (Å²) in [6.07, 6.45) is 0. The van der Waals surface area contributed by atoms with Crippen LogP contribution in [-0.2, 0) is 13.6 Å². The fraction of sp³-hybridized carbons (Fsp3) is 0.409. The van der Waals surface area contributed by atoms with E-state index in [1.807, 2.05) is 37.3 Å². The summed E-state index contributed by atoms with van der Waals surface area (Å²) < 4.78 is 3.37. The van der Waals surface area contributed by atoms with Crippen LogP contribution in [0.25, 0.3) is 22.4 Å². The van der Waals surface area contributed by atoms with Crippen LogP contribution in [0.15, 0.2) is 35.1 Å². The van der Waals surface area contributed by atoms with Crippen molar-refractivity contribution in [1.29, 1.82) is 0 Å². The zero-order valence-electron chi connectivity index (χ0n) is 17.7. The monoisotopic (exact) mass is 380 g/mol. The summed E-state index contributed by atoms with van der Waals surface area (Å²) in [7, 11) is 5.22. The molecule has 0 aliphatic rings. The molecule has 3 rings (SSSR count). The molecular weight excluding hydrogens is 352 g/mol. The lowest BCUT2D eigenvalue weighted by molar-refractivity contribution is 0.0827. The Labute approximate surface area is 165 Å². The normalized spacial score (nSPS) is 11.8. The van der Waals surface area contributed by atoms with Gasteiger partial charge in [-0.05, 0) is 42.2 Å². The number of aryl methyl sites for hydroxylation is 2. The van der Waals surface area contributed by atoms with Gasteiger partial charge in [0.05, 0.1) is 11.2 Å². The van der Waals surface area contributed by atoms with E-state index in [2.05, 4.69) is 20.8 Å². The maximum atomic E-state index is 12.7. The minimum Gasteiger partial charge on any atom is -0.345 e. The Hall–Kier alpha value is -2.89. The predicted octanol–water partition coefficient (Wildman–Crippen LogP) is 3.46. The largest absolute Gasteiger partial charge is 0.345 e. The van der Waals surface area contributed by atoms with Crippen LogP contribution in [0.3, 0.4) is 0 Å². The van der Waals surface area contributed by atoms with Gasteiger partial charge in [-0.2, -0.15) is 0 Å². The van der Waals surface area contributed by atoms with Gasteiger partial charge in [0.2, 0.25) is 0 Å². The van der Waals surface area contributed by atoms with E-state index in [4.69, 9.17) is 4.98 Å². The number of carbonyl (C=O) groups is 1. The number of pyridine rings is 1. The third-order valence-corrected chi connectivity index (χ3v) is 4.78. The highest BCUT2D eigenvalue weighted by Crippen LogP contribution is 2.26. The summed E-state index contributed by atoms with van der Waals surface area (Å²) >= 11 is 0. The van der Waals surface area contributed by atoms with Crippen molar-refractivity contribution in [2.24, 2.45) is 12.5 Å². The number of hydrogen-bond donors (Lipinski definition) is 0. The smallest absolute Gasteiger partial charge is 0.330 e. The summed E-state index contributed by atoms with van der Waals surface area (Å²) in [5, 5.41) is 0. The van der Waals surface area contributed by atoms with Gasteiger partial charge < -0.3 is 4.90 Å². The lowest BCUT2D eigenvalue weighted by Gasteiger charge is -2.18. The number of fused-ring (bicyclic) bond motifs is 1. The molecular formula is C22H28N4O2. The molecule has 1 aromatic carbocycles. The van der Waals surface area contributed by atoms with Crippen molar-refractivity contribution in [3.63, 3.8) is 0 Å². The first kappa shape index (κ1) is 19.9. The molecule has 28 heavy (non-hydrogen) atoms. The zero-order valence-corrected chi connectivity index (χ0v) is 17.7. The molecule has 0 unspecified atom stereocenters. The molecule has 0 fully saturated rings. The summed E-state index contributed by atoms with van der Waals surface area (Å²) in [5.74, 6) is -0.0499. The van der Waals surface area contributed by atoms with Crippen LogP contribution >= 0.6 is 0 Å². The SMILES string of the molecule is Cc1ccc(C(=O)N(C)C)cc1-c1ccc2c(n1)n(C)c(=O)n2CC(C)(C)C. The van der Waals surface area contributed by atoms with E-state index in [-0.39, 0.29) is 17.0 Å². The van der Waals surface area contributed by atoms with Crippen LogP contribution in [-0.4, -0.2) is 39.0 Å². The van der Waals surface area contributed by atoms with Gasteiger partial charge in [-0.15, -0.1) is 0 Å². The van der Waals surface area contributed by atoms with Gasteiger partial charge in [-0.1, -0.05) is 26.8 Å². The number of aromatic nitrogens is 3. The van der Waals surface area contributed by atoms with Crippen molar-refractivity contribution >= 4 is 17.1 Å². The fourth-order valence-corrected chi connectivity index (χ4v) is 3.34. The van der Waals surface area contributed by atoms with E-state index in [1.54, 1.807) is 35.2 Å². The number of rotatable bonds is 3. The van der Waals surface area contributed by atoms with Crippen molar-refractivity contribution in [2.45, 2.75) is 34.2 Å². The van der Waals surface area contributed by atoms with Crippen LogP contribution in [0.4, 0.5) is 0 Å². The minimum absolute atomic E-state index is 0.0196. The molecule has 2 aromatic heterocycles. The van der Waals surface area contributed by atoms with E-state index in [0.717, 1.165) is 22.3 Å². The third kappa shape index (κ3) is 3.59. The van der Waals surface area contributed by atoms with Gasteiger partial charge in [0.25, 0.3) is 5.91 Å². The topological polar surface area (TPSA) is 60.1 Å². The van der Waals surface area contributed by atoms with Gasteiger partial charge in [-0.25, -0.2) is 9.78 Å².